The lowest BCUT2D eigenvalue weighted by Gasteiger charge is -2.24. The van der Waals surface area contributed by atoms with Gasteiger partial charge in [-0.3, -0.25) is 14.4 Å². The Balaban J connectivity index is 2.65. The lowest BCUT2D eigenvalue weighted by molar-refractivity contribution is -0.142. The van der Waals surface area contributed by atoms with E-state index in [0.29, 0.717) is 24.9 Å². The first-order chi connectivity index (χ1) is 15.5. The third-order valence-electron chi connectivity index (χ3n) is 4.99. The van der Waals surface area contributed by atoms with Crippen LogP contribution in [0.2, 0.25) is 0 Å². The van der Waals surface area contributed by atoms with E-state index < -0.39 is 41.8 Å². The van der Waals surface area contributed by atoms with Gasteiger partial charge in [0.2, 0.25) is 17.7 Å². The molecule has 1 rings (SSSR count). The summed E-state index contributed by atoms with van der Waals surface area (Å²) in [5, 5.41) is 26.3. The zero-order chi connectivity index (χ0) is 25.0. The summed E-state index contributed by atoms with van der Waals surface area (Å²) in [5.41, 5.74) is 11.8. The Morgan fingerprint density at radius 2 is 1.64 bits per heavy atom. The number of phenolic OH excluding ortho intramolecular Hbond substituents is 1. The van der Waals surface area contributed by atoms with Gasteiger partial charge < -0.3 is 37.6 Å². The first-order valence-electron chi connectivity index (χ1n) is 10.9. The van der Waals surface area contributed by atoms with Gasteiger partial charge in [-0.2, -0.15) is 0 Å². The van der Waals surface area contributed by atoms with E-state index in [1.807, 2.05) is 0 Å². The highest BCUT2D eigenvalue weighted by atomic mass is 16.4. The van der Waals surface area contributed by atoms with Crippen LogP contribution in [-0.2, 0) is 25.6 Å². The molecule has 0 saturated carbocycles. The topological polar surface area (TPSA) is 197 Å². The number of carbonyl (C=O) groups is 4. The molecule has 0 fully saturated rings. The van der Waals surface area contributed by atoms with Crippen LogP contribution in [-0.4, -0.2) is 65.1 Å². The fourth-order valence-electron chi connectivity index (χ4n) is 3.03. The Morgan fingerprint density at radius 1 is 1.00 bits per heavy atom. The number of phenols is 1. The molecule has 0 aromatic heterocycles. The fraction of sp³-hybridized carbons (Fsp3) is 0.545. The Labute approximate surface area is 193 Å². The second-order valence-electron chi connectivity index (χ2n) is 8.17. The molecule has 3 atom stereocenters. The molecule has 0 aliphatic carbocycles. The molecular formula is C22H35N5O6. The number of nitrogens with one attached hydrogen (secondary N) is 3. The largest absolute Gasteiger partial charge is 0.508 e. The second kappa shape index (κ2) is 14.1. The zero-order valence-corrected chi connectivity index (χ0v) is 19.0. The number of aromatic hydroxyl groups is 1. The molecule has 184 valence electrons. The lowest BCUT2D eigenvalue weighted by Crippen LogP contribution is -2.55. The molecule has 1 aromatic carbocycles. The van der Waals surface area contributed by atoms with Crippen LogP contribution in [0.5, 0.6) is 5.75 Å². The monoisotopic (exact) mass is 465 g/mol. The molecule has 0 bridgehead atoms. The van der Waals surface area contributed by atoms with E-state index in [-0.39, 0.29) is 24.6 Å². The van der Waals surface area contributed by atoms with Crippen molar-refractivity contribution in [2.75, 3.05) is 13.1 Å². The van der Waals surface area contributed by atoms with Crippen molar-refractivity contribution in [2.24, 2.45) is 17.4 Å². The number of benzene rings is 1. The van der Waals surface area contributed by atoms with Gasteiger partial charge in [0.15, 0.2) is 0 Å². The summed E-state index contributed by atoms with van der Waals surface area (Å²) >= 11 is 0. The van der Waals surface area contributed by atoms with Crippen LogP contribution in [0.1, 0.15) is 38.7 Å². The molecule has 9 N–H and O–H groups in total. The maximum absolute atomic E-state index is 12.7. The van der Waals surface area contributed by atoms with Crippen LogP contribution in [0.4, 0.5) is 0 Å². The summed E-state index contributed by atoms with van der Waals surface area (Å²) in [6.45, 7) is 3.54. The average Bonchev–Trinajstić information content (AvgIpc) is 2.76. The number of carboxylic acids is 1. The van der Waals surface area contributed by atoms with Crippen molar-refractivity contribution in [1.29, 1.82) is 0 Å². The van der Waals surface area contributed by atoms with Crippen LogP contribution in [0.3, 0.4) is 0 Å². The van der Waals surface area contributed by atoms with Gasteiger partial charge in [0.1, 0.15) is 17.8 Å². The molecule has 0 radical (unpaired) electrons. The van der Waals surface area contributed by atoms with Crippen molar-refractivity contribution in [1.82, 2.24) is 16.0 Å². The third kappa shape index (κ3) is 10.3. The van der Waals surface area contributed by atoms with Crippen LogP contribution in [0.25, 0.3) is 0 Å². The van der Waals surface area contributed by atoms with Gasteiger partial charge >= 0.3 is 5.97 Å². The molecule has 0 spiro atoms. The predicted molar refractivity (Wildman–Crippen MR) is 122 cm³/mol. The highest BCUT2D eigenvalue weighted by Crippen LogP contribution is 2.12. The van der Waals surface area contributed by atoms with Gasteiger partial charge in [0, 0.05) is 6.42 Å². The van der Waals surface area contributed by atoms with E-state index in [0.717, 1.165) is 6.42 Å². The number of unbranched alkanes of at least 4 members (excludes halogenated alkanes) is 1. The van der Waals surface area contributed by atoms with Crippen LogP contribution in [0.15, 0.2) is 24.3 Å². The number of carbonyl (C=O) groups excluding carboxylic acids is 3. The van der Waals surface area contributed by atoms with Crippen molar-refractivity contribution in [3.05, 3.63) is 29.8 Å². The van der Waals surface area contributed by atoms with E-state index in [1.165, 1.54) is 12.1 Å². The maximum Gasteiger partial charge on any atom is 0.326 e. The number of aliphatic carboxylic acids is 1. The van der Waals surface area contributed by atoms with E-state index >= 15 is 0 Å². The van der Waals surface area contributed by atoms with Crippen molar-refractivity contribution >= 4 is 23.7 Å². The number of hydrogen-bond donors (Lipinski definition) is 7. The number of rotatable bonds is 14. The Bertz CT molecular complexity index is 799. The molecule has 33 heavy (non-hydrogen) atoms. The molecule has 0 saturated heterocycles. The van der Waals surface area contributed by atoms with E-state index in [9.17, 15) is 29.4 Å². The summed E-state index contributed by atoms with van der Waals surface area (Å²) in [6.07, 6.45) is 1.88. The van der Waals surface area contributed by atoms with Gasteiger partial charge in [-0.05, 0) is 43.0 Å². The average molecular weight is 466 g/mol. The molecule has 11 heteroatoms. The van der Waals surface area contributed by atoms with Crippen LogP contribution < -0.4 is 27.4 Å². The Morgan fingerprint density at radius 3 is 2.18 bits per heavy atom. The van der Waals surface area contributed by atoms with Crippen molar-refractivity contribution in [3.63, 3.8) is 0 Å². The molecule has 0 aliphatic heterocycles. The number of carboxylic acid groups (broad SMARTS) is 1. The minimum absolute atomic E-state index is 0.00177. The van der Waals surface area contributed by atoms with Gasteiger partial charge in [-0.15, -0.1) is 0 Å². The number of amides is 3. The number of hydrogen-bond acceptors (Lipinski definition) is 7. The quantitative estimate of drug-likeness (QED) is 0.174. The van der Waals surface area contributed by atoms with Crippen LogP contribution in [0, 0.1) is 5.92 Å². The first-order valence-corrected chi connectivity index (χ1v) is 10.9. The summed E-state index contributed by atoms with van der Waals surface area (Å²) in [4.78, 5) is 48.7. The van der Waals surface area contributed by atoms with E-state index in [2.05, 4.69) is 16.0 Å². The second-order valence-corrected chi connectivity index (χ2v) is 8.17. The minimum Gasteiger partial charge on any atom is -0.508 e. The standard InChI is InChI=1S/C22H35N5O6/c1-13(2)19(27-18(29)12-25-20(30)16(24)5-3-4-10-23)21(31)26-17(22(32)33)11-14-6-8-15(28)9-7-14/h6-9,13,16-17,19,28H,3-5,10-12,23-24H2,1-2H3,(H,25,30)(H,26,31)(H,27,29)(H,32,33). The molecule has 3 amide bonds. The van der Waals surface area contributed by atoms with Gasteiger partial charge in [-0.1, -0.05) is 32.4 Å². The van der Waals surface area contributed by atoms with Gasteiger partial charge in [0.25, 0.3) is 0 Å². The van der Waals surface area contributed by atoms with Crippen LogP contribution >= 0.6 is 0 Å². The highest BCUT2D eigenvalue weighted by molar-refractivity contribution is 5.92. The molecule has 0 heterocycles. The number of nitrogens with two attached hydrogens (primary N) is 2. The summed E-state index contributed by atoms with van der Waals surface area (Å²) in [7, 11) is 0. The minimum atomic E-state index is -1.24. The fourth-order valence-corrected chi connectivity index (χ4v) is 3.03. The predicted octanol–water partition coefficient (Wildman–Crippen LogP) is -0.783. The summed E-state index contributed by atoms with van der Waals surface area (Å²) < 4.78 is 0. The van der Waals surface area contributed by atoms with Gasteiger partial charge in [-0.25, -0.2) is 4.79 Å². The molecule has 11 nitrogen and oxygen atoms in total. The van der Waals surface area contributed by atoms with Crippen molar-refractivity contribution in [3.8, 4) is 5.75 Å². The first kappa shape index (κ1) is 27.9. The Kier molecular flexibility index (Phi) is 11.9. The van der Waals surface area contributed by atoms with E-state index in [4.69, 9.17) is 11.5 Å². The lowest BCUT2D eigenvalue weighted by atomic mass is 10.0. The molecule has 0 aliphatic rings. The van der Waals surface area contributed by atoms with Gasteiger partial charge in [0.05, 0.1) is 12.6 Å². The van der Waals surface area contributed by atoms with E-state index in [1.54, 1.807) is 26.0 Å². The summed E-state index contributed by atoms with van der Waals surface area (Å²) in [5.74, 6) is -3.27. The normalized spacial score (nSPS) is 13.6. The molecular weight excluding hydrogens is 430 g/mol. The van der Waals surface area contributed by atoms with Crippen molar-refractivity contribution in [2.45, 2.75) is 57.7 Å². The zero-order valence-electron chi connectivity index (χ0n) is 19.0. The highest BCUT2D eigenvalue weighted by Gasteiger charge is 2.29. The molecule has 1 aromatic rings. The summed E-state index contributed by atoms with van der Waals surface area (Å²) in [6, 6.07) is 2.97. The molecule has 3 unspecified atom stereocenters. The third-order valence-corrected chi connectivity index (χ3v) is 4.99. The Hall–Kier alpha value is -3.18. The maximum atomic E-state index is 12.7. The SMILES string of the molecule is CC(C)C(NC(=O)CNC(=O)C(N)CCCCN)C(=O)NC(Cc1ccc(O)cc1)C(=O)O. The smallest absolute Gasteiger partial charge is 0.326 e. The van der Waals surface area contributed by atoms with Crippen molar-refractivity contribution < 1.29 is 29.4 Å².